The van der Waals surface area contributed by atoms with Gasteiger partial charge in [0.05, 0.1) is 29.6 Å². The molecule has 0 saturated carbocycles. The van der Waals surface area contributed by atoms with Gasteiger partial charge in [0.15, 0.2) is 9.84 Å². The fourth-order valence-corrected chi connectivity index (χ4v) is 6.92. The van der Waals surface area contributed by atoms with Crippen molar-refractivity contribution in [3.05, 3.63) is 24.3 Å². The molecule has 10 heteroatoms. The summed E-state index contributed by atoms with van der Waals surface area (Å²) in [4.78, 5) is 2.43. The summed E-state index contributed by atoms with van der Waals surface area (Å²) < 4.78 is 61.2. The SMILES string of the molecule is CCCN(CCOc1ccc(S(=O)(=O)N2CCOCC2)cc1)C1CCS(=O)(=O)C1. The second-order valence-corrected chi connectivity index (χ2v) is 11.6. The number of benzene rings is 1. The Morgan fingerprint density at radius 2 is 1.86 bits per heavy atom. The molecule has 0 radical (unpaired) electrons. The van der Waals surface area contributed by atoms with E-state index in [0.29, 0.717) is 51.6 Å². The highest BCUT2D eigenvalue weighted by molar-refractivity contribution is 7.91. The van der Waals surface area contributed by atoms with Crippen LogP contribution in [0.5, 0.6) is 5.75 Å². The van der Waals surface area contributed by atoms with Crippen LogP contribution in [0, 0.1) is 0 Å². The summed E-state index contributed by atoms with van der Waals surface area (Å²) in [6.07, 6.45) is 1.63. The Labute approximate surface area is 173 Å². The molecule has 0 aromatic heterocycles. The van der Waals surface area contributed by atoms with Crippen LogP contribution in [0.1, 0.15) is 19.8 Å². The second-order valence-electron chi connectivity index (χ2n) is 7.43. The predicted octanol–water partition coefficient (Wildman–Crippen LogP) is 0.985. The lowest BCUT2D eigenvalue weighted by Crippen LogP contribution is -2.40. The average Bonchev–Trinajstić information content (AvgIpc) is 3.08. The lowest BCUT2D eigenvalue weighted by atomic mass is 10.2. The molecule has 2 aliphatic heterocycles. The summed E-state index contributed by atoms with van der Waals surface area (Å²) in [6, 6.07) is 6.51. The van der Waals surface area contributed by atoms with Crippen LogP contribution >= 0.6 is 0 Å². The Morgan fingerprint density at radius 3 is 2.45 bits per heavy atom. The van der Waals surface area contributed by atoms with Crippen LogP contribution in [0.2, 0.25) is 0 Å². The quantitative estimate of drug-likeness (QED) is 0.558. The molecule has 0 amide bonds. The highest BCUT2D eigenvalue weighted by Crippen LogP contribution is 2.21. The van der Waals surface area contributed by atoms with Gasteiger partial charge in [0.25, 0.3) is 0 Å². The van der Waals surface area contributed by atoms with Gasteiger partial charge in [-0.3, -0.25) is 4.90 Å². The Hall–Kier alpha value is -1.20. The van der Waals surface area contributed by atoms with E-state index < -0.39 is 19.9 Å². The summed E-state index contributed by atoms with van der Waals surface area (Å²) in [5.41, 5.74) is 0. The molecule has 1 atom stereocenters. The molecule has 1 unspecified atom stereocenters. The molecule has 3 rings (SSSR count). The number of morpholine rings is 1. The minimum atomic E-state index is -3.51. The third-order valence-corrected chi connectivity index (χ3v) is 8.98. The molecule has 1 aromatic carbocycles. The lowest BCUT2D eigenvalue weighted by molar-refractivity contribution is 0.0730. The van der Waals surface area contributed by atoms with Crippen molar-refractivity contribution in [2.75, 3.05) is 57.5 Å². The van der Waals surface area contributed by atoms with Crippen LogP contribution in [0.4, 0.5) is 0 Å². The van der Waals surface area contributed by atoms with Crippen LogP contribution in [0.15, 0.2) is 29.2 Å². The van der Waals surface area contributed by atoms with Crippen LogP contribution in [0.3, 0.4) is 0 Å². The number of sulfone groups is 1. The van der Waals surface area contributed by atoms with E-state index in [9.17, 15) is 16.8 Å². The fraction of sp³-hybridized carbons (Fsp3) is 0.684. The first-order valence-corrected chi connectivity index (χ1v) is 13.3. The fourth-order valence-electron chi connectivity index (χ4n) is 3.75. The average molecular weight is 447 g/mol. The lowest BCUT2D eigenvalue weighted by Gasteiger charge is -2.27. The Kier molecular flexibility index (Phi) is 7.55. The first kappa shape index (κ1) is 22.5. The number of hydrogen-bond donors (Lipinski definition) is 0. The summed E-state index contributed by atoms with van der Waals surface area (Å²) in [7, 11) is -6.42. The van der Waals surface area contributed by atoms with Gasteiger partial charge in [-0.05, 0) is 43.7 Å². The summed E-state index contributed by atoms with van der Waals surface area (Å²) >= 11 is 0. The molecular weight excluding hydrogens is 416 g/mol. The maximum atomic E-state index is 12.6. The van der Waals surface area contributed by atoms with Crippen molar-refractivity contribution in [3.8, 4) is 5.75 Å². The number of sulfonamides is 1. The van der Waals surface area contributed by atoms with E-state index >= 15 is 0 Å². The number of hydrogen-bond acceptors (Lipinski definition) is 7. The largest absolute Gasteiger partial charge is 0.492 e. The van der Waals surface area contributed by atoms with Gasteiger partial charge in [0.2, 0.25) is 10.0 Å². The first-order valence-electron chi connectivity index (χ1n) is 10.1. The van der Waals surface area contributed by atoms with Gasteiger partial charge in [-0.25, -0.2) is 16.8 Å². The van der Waals surface area contributed by atoms with E-state index in [1.807, 2.05) is 0 Å². The Bertz CT molecular complexity index is 864. The number of rotatable bonds is 9. The molecular formula is C19H30N2O6S2. The van der Waals surface area contributed by atoms with E-state index in [1.165, 1.54) is 4.31 Å². The number of ether oxygens (including phenoxy) is 2. The highest BCUT2D eigenvalue weighted by atomic mass is 32.2. The minimum Gasteiger partial charge on any atom is -0.492 e. The summed E-state index contributed by atoms with van der Waals surface area (Å²) in [5, 5.41) is 0. The maximum Gasteiger partial charge on any atom is 0.243 e. The molecule has 0 N–H and O–H groups in total. The second kappa shape index (κ2) is 9.74. The standard InChI is InChI=1S/C19H30N2O6S2/c1-2-8-20(17-7-15-28(22,23)16-17)9-14-27-18-3-5-19(6-4-18)29(24,25)21-10-12-26-13-11-21/h3-6,17H,2,7-16H2,1H3. The van der Waals surface area contributed by atoms with E-state index in [-0.39, 0.29) is 22.4 Å². The van der Waals surface area contributed by atoms with Gasteiger partial charge in [-0.1, -0.05) is 6.92 Å². The molecule has 8 nitrogen and oxygen atoms in total. The molecule has 1 aromatic rings. The van der Waals surface area contributed by atoms with Gasteiger partial charge in [0, 0.05) is 25.7 Å². The van der Waals surface area contributed by atoms with Gasteiger partial charge < -0.3 is 9.47 Å². The normalized spacial score (nSPS) is 22.8. The van der Waals surface area contributed by atoms with Crippen molar-refractivity contribution in [1.29, 1.82) is 0 Å². The third kappa shape index (κ3) is 5.91. The minimum absolute atomic E-state index is 0.0598. The predicted molar refractivity (Wildman–Crippen MR) is 110 cm³/mol. The zero-order chi connectivity index (χ0) is 20.9. The Balaban J connectivity index is 1.54. The van der Waals surface area contributed by atoms with Gasteiger partial charge in [0.1, 0.15) is 12.4 Å². The van der Waals surface area contributed by atoms with E-state index in [2.05, 4.69) is 11.8 Å². The van der Waals surface area contributed by atoms with Crippen LogP contribution in [0.25, 0.3) is 0 Å². The first-order chi connectivity index (χ1) is 13.8. The van der Waals surface area contributed by atoms with Crippen LogP contribution in [-0.4, -0.2) is 89.6 Å². The number of nitrogens with zero attached hydrogens (tertiary/aromatic N) is 2. The summed E-state index contributed by atoms with van der Waals surface area (Å²) in [5.74, 6) is 1.08. The maximum absolute atomic E-state index is 12.6. The van der Waals surface area contributed by atoms with Crippen molar-refractivity contribution in [3.63, 3.8) is 0 Å². The third-order valence-electron chi connectivity index (χ3n) is 5.31. The Morgan fingerprint density at radius 1 is 1.17 bits per heavy atom. The topological polar surface area (TPSA) is 93.2 Å². The van der Waals surface area contributed by atoms with E-state index in [4.69, 9.17) is 9.47 Å². The molecule has 0 spiro atoms. The van der Waals surface area contributed by atoms with Crippen molar-refractivity contribution in [2.45, 2.75) is 30.7 Å². The molecule has 164 valence electrons. The zero-order valence-corrected chi connectivity index (χ0v) is 18.5. The summed E-state index contributed by atoms with van der Waals surface area (Å²) in [6.45, 7) is 5.53. The van der Waals surface area contributed by atoms with Gasteiger partial charge in [-0.2, -0.15) is 4.31 Å². The van der Waals surface area contributed by atoms with E-state index in [1.54, 1.807) is 24.3 Å². The van der Waals surface area contributed by atoms with Gasteiger partial charge >= 0.3 is 0 Å². The molecule has 29 heavy (non-hydrogen) atoms. The van der Waals surface area contributed by atoms with E-state index in [0.717, 1.165) is 13.0 Å². The molecule has 2 heterocycles. The van der Waals surface area contributed by atoms with Crippen molar-refractivity contribution < 1.29 is 26.3 Å². The van der Waals surface area contributed by atoms with Crippen LogP contribution < -0.4 is 4.74 Å². The van der Waals surface area contributed by atoms with Crippen molar-refractivity contribution >= 4 is 19.9 Å². The van der Waals surface area contributed by atoms with Crippen LogP contribution in [-0.2, 0) is 24.6 Å². The highest BCUT2D eigenvalue weighted by Gasteiger charge is 2.31. The monoisotopic (exact) mass is 446 g/mol. The molecule has 2 fully saturated rings. The van der Waals surface area contributed by atoms with Crippen molar-refractivity contribution in [2.24, 2.45) is 0 Å². The van der Waals surface area contributed by atoms with Crippen molar-refractivity contribution in [1.82, 2.24) is 9.21 Å². The molecule has 2 aliphatic rings. The molecule has 0 bridgehead atoms. The van der Waals surface area contributed by atoms with Gasteiger partial charge in [-0.15, -0.1) is 0 Å². The molecule has 0 aliphatic carbocycles. The zero-order valence-electron chi connectivity index (χ0n) is 16.8. The smallest absolute Gasteiger partial charge is 0.243 e. The molecule has 2 saturated heterocycles.